The molecular weight excluding hydrogens is 744 g/mol. The minimum atomic E-state index is -0.473. The smallest absolute Gasteiger partial charge is 0.407 e. The average molecular weight is 811 g/mol. The van der Waals surface area contributed by atoms with E-state index in [1.54, 1.807) is 12.1 Å². The quantitative estimate of drug-likeness (QED) is 0.0727. The lowest BCUT2D eigenvalue weighted by molar-refractivity contribution is -0.0270. The van der Waals surface area contributed by atoms with Gasteiger partial charge in [0.2, 0.25) is 0 Å². The summed E-state index contributed by atoms with van der Waals surface area (Å²) in [5, 5.41) is 5.96. The lowest BCUT2D eigenvalue weighted by Gasteiger charge is -2.09. The van der Waals surface area contributed by atoms with Crippen LogP contribution in [0.4, 0.5) is 10.5 Å². The molecule has 57 heavy (non-hydrogen) atoms. The highest BCUT2D eigenvalue weighted by molar-refractivity contribution is 5.89. The van der Waals surface area contributed by atoms with Crippen molar-refractivity contribution in [3.8, 4) is 0 Å². The van der Waals surface area contributed by atoms with Gasteiger partial charge in [-0.05, 0) is 36.2 Å². The number of carbonyl (C=O) groups is 2. The van der Waals surface area contributed by atoms with Crippen LogP contribution in [0.25, 0.3) is 0 Å². The summed E-state index contributed by atoms with van der Waals surface area (Å²) in [6.45, 7) is 12.8. The summed E-state index contributed by atoms with van der Waals surface area (Å²) in [6, 6.07) is 16.8. The maximum Gasteiger partial charge on any atom is 0.407 e. The van der Waals surface area contributed by atoms with Gasteiger partial charge in [0.15, 0.2) is 0 Å². The van der Waals surface area contributed by atoms with Gasteiger partial charge >= 0.3 is 12.1 Å². The molecule has 0 aliphatic heterocycles. The fraction of sp³-hybridized carbons (Fsp3) is 0.659. The summed E-state index contributed by atoms with van der Waals surface area (Å²) >= 11 is 0. The Morgan fingerprint density at radius 1 is 0.456 bits per heavy atom. The third-order valence-electron chi connectivity index (χ3n) is 7.52. The zero-order valence-corrected chi connectivity index (χ0v) is 33.8. The first-order valence-electron chi connectivity index (χ1n) is 19.9. The van der Waals surface area contributed by atoms with Crippen LogP contribution in [-0.2, 0) is 63.4 Å². The van der Waals surface area contributed by atoms with Crippen LogP contribution in [0.3, 0.4) is 0 Å². The van der Waals surface area contributed by atoms with Crippen LogP contribution in [0, 0.1) is 0 Å². The highest BCUT2D eigenvalue weighted by atomic mass is 16.6. The molecular formula is C41H66N2O14. The van der Waals surface area contributed by atoms with E-state index in [9.17, 15) is 9.59 Å². The number of esters is 1. The van der Waals surface area contributed by atoms with Gasteiger partial charge in [-0.2, -0.15) is 0 Å². The first-order chi connectivity index (χ1) is 28.2. The molecule has 0 radical (unpaired) electrons. The fourth-order valence-electron chi connectivity index (χ4n) is 4.49. The summed E-state index contributed by atoms with van der Waals surface area (Å²) in [4.78, 5) is 23.8. The third kappa shape index (κ3) is 31.3. The largest absolute Gasteiger partial charge is 0.460 e. The summed E-state index contributed by atoms with van der Waals surface area (Å²) < 4.78 is 65.1. The number of anilines is 1. The van der Waals surface area contributed by atoms with Gasteiger partial charge in [0, 0.05) is 18.8 Å². The minimum Gasteiger partial charge on any atom is -0.460 e. The topological polar surface area (TPSA) is 169 Å². The maximum absolute atomic E-state index is 12.1. The van der Waals surface area contributed by atoms with E-state index in [0.29, 0.717) is 144 Å². The number of rotatable bonds is 40. The van der Waals surface area contributed by atoms with Gasteiger partial charge in [-0.1, -0.05) is 43.7 Å². The van der Waals surface area contributed by atoms with Crippen LogP contribution in [-0.4, -0.2) is 164 Å². The molecule has 2 rings (SSSR count). The van der Waals surface area contributed by atoms with E-state index in [1.165, 1.54) is 0 Å². The Balaban J connectivity index is 1.17. The van der Waals surface area contributed by atoms with Crippen molar-refractivity contribution >= 4 is 17.7 Å². The van der Waals surface area contributed by atoms with Crippen molar-refractivity contribution in [1.82, 2.24) is 5.32 Å². The van der Waals surface area contributed by atoms with Crippen molar-refractivity contribution in [2.75, 3.05) is 157 Å². The maximum atomic E-state index is 12.1. The highest BCUT2D eigenvalue weighted by Crippen LogP contribution is 2.11. The van der Waals surface area contributed by atoms with Crippen LogP contribution < -0.4 is 10.6 Å². The van der Waals surface area contributed by atoms with E-state index in [4.69, 9.17) is 56.8 Å². The summed E-state index contributed by atoms with van der Waals surface area (Å²) in [7, 11) is 0. The Morgan fingerprint density at radius 2 is 0.860 bits per heavy atom. The average Bonchev–Trinajstić information content (AvgIpc) is 3.23. The van der Waals surface area contributed by atoms with Crippen LogP contribution in [0.5, 0.6) is 0 Å². The molecule has 324 valence electrons. The van der Waals surface area contributed by atoms with E-state index in [2.05, 4.69) is 17.6 Å². The predicted molar refractivity (Wildman–Crippen MR) is 213 cm³/mol. The zero-order valence-electron chi connectivity index (χ0n) is 33.8. The van der Waals surface area contributed by atoms with Gasteiger partial charge in [0.05, 0.1) is 138 Å². The Hall–Kier alpha value is -3.42. The monoisotopic (exact) mass is 810 g/mol. The molecule has 2 N–H and O–H groups in total. The third-order valence-corrected chi connectivity index (χ3v) is 7.52. The molecule has 0 unspecified atom stereocenters. The van der Waals surface area contributed by atoms with Gasteiger partial charge in [-0.25, -0.2) is 9.59 Å². The Morgan fingerprint density at radius 3 is 1.28 bits per heavy atom. The number of benzene rings is 2. The van der Waals surface area contributed by atoms with Gasteiger partial charge in [0.1, 0.15) is 13.2 Å². The summed E-state index contributed by atoms with van der Waals surface area (Å²) in [5.74, 6) is -0.366. The number of ether oxygens (including phenoxy) is 12. The van der Waals surface area contributed by atoms with Gasteiger partial charge in [-0.15, -0.1) is 0 Å². The Labute approximate surface area is 338 Å². The van der Waals surface area contributed by atoms with Crippen molar-refractivity contribution in [3.63, 3.8) is 0 Å². The molecule has 0 saturated carbocycles. The molecule has 0 aliphatic rings. The second kappa shape index (κ2) is 38.1. The normalized spacial score (nSPS) is 11.1. The number of nitrogens with one attached hydrogen (secondary N) is 2. The molecule has 0 aromatic heterocycles. The van der Waals surface area contributed by atoms with E-state index in [1.807, 2.05) is 42.5 Å². The van der Waals surface area contributed by atoms with Gasteiger partial charge < -0.3 is 67.5 Å². The Bertz CT molecular complexity index is 1200. The first-order valence-corrected chi connectivity index (χ1v) is 19.9. The van der Waals surface area contributed by atoms with Crippen LogP contribution in [0.2, 0.25) is 0 Å². The zero-order chi connectivity index (χ0) is 40.5. The molecule has 0 heterocycles. The molecule has 2 aromatic carbocycles. The molecule has 16 heteroatoms. The molecule has 0 saturated heterocycles. The summed E-state index contributed by atoms with van der Waals surface area (Å²) in [6.07, 6.45) is 1.76. The number of alkyl carbamates (subject to hydrolysis) is 1. The van der Waals surface area contributed by atoms with Crippen LogP contribution in [0.15, 0.2) is 54.6 Å². The van der Waals surface area contributed by atoms with Gasteiger partial charge in [-0.3, -0.25) is 0 Å². The van der Waals surface area contributed by atoms with Crippen molar-refractivity contribution in [2.24, 2.45) is 0 Å². The number of hydrogen-bond acceptors (Lipinski definition) is 15. The Kier molecular flexibility index (Phi) is 33.3. The second-order valence-corrected chi connectivity index (χ2v) is 12.1. The molecule has 2 aromatic rings. The summed E-state index contributed by atoms with van der Waals surface area (Å²) in [5.41, 5.74) is 2.44. The van der Waals surface area contributed by atoms with E-state index >= 15 is 0 Å². The lowest BCUT2D eigenvalue weighted by atomic mass is 10.2. The predicted octanol–water partition coefficient (Wildman–Crippen LogP) is 4.15. The van der Waals surface area contributed by atoms with Crippen molar-refractivity contribution in [2.45, 2.75) is 26.4 Å². The van der Waals surface area contributed by atoms with Crippen LogP contribution >= 0.6 is 0 Å². The molecule has 0 atom stereocenters. The highest BCUT2D eigenvalue weighted by Gasteiger charge is 2.07. The first kappa shape index (κ1) is 49.7. The number of amides is 1. The fourth-order valence-corrected chi connectivity index (χ4v) is 4.49. The van der Waals surface area contributed by atoms with E-state index in [0.717, 1.165) is 30.6 Å². The standard InChI is InChI=1S/C41H66N2O14/c1-2-3-13-42-39-11-9-38(10-12-39)40(44)56-35-34-55-33-32-54-31-30-53-29-28-52-27-26-51-25-24-50-23-22-49-21-20-48-19-18-47-17-16-46-15-14-43-41(45)57-36-37-7-5-4-6-8-37/h4-12,42H,2-3,13-36H2,1H3,(H,43,45). The second-order valence-electron chi connectivity index (χ2n) is 12.1. The molecule has 0 bridgehead atoms. The van der Waals surface area contributed by atoms with Crippen LogP contribution in [0.1, 0.15) is 35.7 Å². The van der Waals surface area contributed by atoms with Crippen molar-refractivity contribution in [1.29, 1.82) is 0 Å². The number of hydrogen-bond donors (Lipinski definition) is 2. The molecule has 0 fully saturated rings. The van der Waals surface area contributed by atoms with Gasteiger partial charge in [0.25, 0.3) is 0 Å². The number of carbonyl (C=O) groups excluding carboxylic acids is 2. The molecule has 0 spiro atoms. The molecule has 0 aliphatic carbocycles. The van der Waals surface area contributed by atoms with E-state index in [-0.39, 0.29) is 19.2 Å². The molecule has 1 amide bonds. The minimum absolute atomic E-state index is 0.184. The van der Waals surface area contributed by atoms with Crippen molar-refractivity contribution in [3.05, 3.63) is 65.7 Å². The van der Waals surface area contributed by atoms with E-state index < -0.39 is 6.09 Å². The lowest BCUT2D eigenvalue weighted by Crippen LogP contribution is -2.28. The number of unbranched alkanes of at least 4 members (excludes halogenated alkanes) is 1. The van der Waals surface area contributed by atoms with Crippen molar-refractivity contribution < 1.29 is 66.4 Å². The SMILES string of the molecule is CCCCNc1ccc(C(=O)OCCOCCOCCOCCOCCOCCOCCOCCOCCOCCOCCNC(=O)OCc2ccccc2)cc1. The molecule has 16 nitrogen and oxygen atoms in total.